The lowest BCUT2D eigenvalue weighted by Crippen LogP contribution is -2.45. The second kappa shape index (κ2) is 8.89. The molecule has 2 N–H and O–H groups in total. The molecule has 1 saturated carbocycles. The Hall–Kier alpha value is -1.16. The third kappa shape index (κ3) is 4.01. The number of likely N-dealkylation sites (tertiary alicyclic amines) is 1. The molecular weight excluding hydrogens is 459 g/mol. The molecule has 2 aliphatic carbocycles. The van der Waals surface area contributed by atoms with E-state index in [1.165, 1.54) is 4.90 Å². The van der Waals surface area contributed by atoms with Crippen LogP contribution in [0.1, 0.15) is 19.3 Å². The summed E-state index contributed by atoms with van der Waals surface area (Å²) in [7, 11) is 1.74. The van der Waals surface area contributed by atoms with Crippen LogP contribution in [-0.2, 0) is 14.3 Å². The number of allylic oxidation sites excluding steroid dienone is 2. The van der Waals surface area contributed by atoms with E-state index in [9.17, 15) is 9.59 Å². The maximum atomic E-state index is 12.7. The van der Waals surface area contributed by atoms with Crippen molar-refractivity contribution in [2.45, 2.75) is 19.3 Å². The van der Waals surface area contributed by atoms with Gasteiger partial charge in [0.25, 0.3) is 0 Å². The summed E-state index contributed by atoms with van der Waals surface area (Å²) >= 11 is 0. The van der Waals surface area contributed by atoms with E-state index >= 15 is 0 Å². The van der Waals surface area contributed by atoms with Crippen LogP contribution in [0.5, 0.6) is 0 Å². The van der Waals surface area contributed by atoms with Crippen molar-refractivity contribution in [1.82, 2.24) is 15.5 Å². The van der Waals surface area contributed by atoms with Crippen LogP contribution in [0.3, 0.4) is 0 Å². The Labute approximate surface area is 177 Å². The van der Waals surface area contributed by atoms with Crippen molar-refractivity contribution < 1.29 is 14.3 Å². The summed E-state index contributed by atoms with van der Waals surface area (Å²) in [6.07, 6.45) is 7.36. The molecule has 2 saturated heterocycles. The van der Waals surface area contributed by atoms with Gasteiger partial charge in [-0.05, 0) is 37.0 Å². The number of guanidine groups is 1. The fourth-order valence-corrected chi connectivity index (χ4v) is 4.88. The monoisotopic (exact) mass is 488 g/mol. The predicted octanol–water partition coefficient (Wildman–Crippen LogP) is 1.00. The first-order valence-electron chi connectivity index (χ1n) is 9.75. The van der Waals surface area contributed by atoms with E-state index in [4.69, 9.17) is 4.74 Å². The van der Waals surface area contributed by atoms with Gasteiger partial charge in [0.15, 0.2) is 5.96 Å². The quantitative estimate of drug-likeness (QED) is 0.199. The molecule has 4 unspecified atom stereocenters. The maximum absolute atomic E-state index is 12.7. The van der Waals surface area contributed by atoms with Crippen LogP contribution >= 0.6 is 24.0 Å². The van der Waals surface area contributed by atoms with Gasteiger partial charge in [-0.1, -0.05) is 12.2 Å². The lowest BCUT2D eigenvalue weighted by Gasteiger charge is -2.23. The summed E-state index contributed by atoms with van der Waals surface area (Å²) in [6, 6.07) is 0. The van der Waals surface area contributed by atoms with Crippen LogP contribution < -0.4 is 10.6 Å². The number of nitrogens with zero attached hydrogens (tertiary/aromatic N) is 2. The molecule has 0 spiro atoms. The van der Waals surface area contributed by atoms with E-state index in [0.29, 0.717) is 19.0 Å². The average Bonchev–Trinajstić information content (AvgIpc) is 3.34. The summed E-state index contributed by atoms with van der Waals surface area (Å²) < 4.78 is 5.38. The number of halogens is 1. The molecule has 27 heavy (non-hydrogen) atoms. The highest BCUT2D eigenvalue weighted by atomic mass is 127. The highest BCUT2D eigenvalue weighted by Crippen LogP contribution is 2.52. The molecule has 2 amide bonds. The predicted molar refractivity (Wildman–Crippen MR) is 113 cm³/mol. The first-order chi connectivity index (χ1) is 12.7. The number of nitrogens with one attached hydrogen (secondary N) is 2. The van der Waals surface area contributed by atoms with Gasteiger partial charge >= 0.3 is 0 Å². The van der Waals surface area contributed by atoms with Crippen molar-refractivity contribution in [1.29, 1.82) is 0 Å². The van der Waals surface area contributed by atoms with E-state index in [1.807, 2.05) is 0 Å². The lowest BCUT2D eigenvalue weighted by molar-refractivity contribution is -0.140. The highest BCUT2D eigenvalue weighted by molar-refractivity contribution is 14.0. The first-order valence-corrected chi connectivity index (χ1v) is 9.75. The van der Waals surface area contributed by atoms with Gasteiger partial charge < -0.3 is 15.4 Å². The zero-order valence-electron chi connectivity index (χ0n) is 15.7. The van der Waals surface area contributed by atoms with Crippen molar-refractivity contribution in [2.24, 2.45) is 34.6 Å². The summed E-state index contributed by atoms with van der Waals surface area (Å²) in [5.41, 5.74) is 0. The van der Waals surface area contributed by atoms with Crippen LogP contribution in [0.2, 0.25) is 0 Å². The van der Waals surface area contributed by atoms with Crippen molar-refractivity contribution >= 4 is 41.8 Å². The average molecular weight is 488 g/mol. The minimum absolute atomic E-state index is 0. The van der Waals surface area contributed by atoms with Crippen LogP contribution in [0.4, 0.5) is 0 Å². The molecule has 4 rings (SSSR count). The molecule has 150 valence electrons. The minimum Gasteiger partial charge on any atom is -0.381 e. The van der Waals surface area contributed by atoms with E-state index < -0.39 is 0 Å². The SMILES string of the molecule is CN=C(NCCN1C(=O)C2C3C=CC(C3)C2C1=O)NCC1CCOCC1.I. The normalized spacial score (nSPS) is 32.6. The van der Waals surface area contributed by atoms with Gasteiger partial charge in [-0.3, -0.25) is 19.5 Å². The van der Waals surface area contributed by atoms with Crippen LogP contribution in [0.15, 0.2) is 17.1 Å². The fraction of sp³-hybridized carbons (Fsp3) is 0.737. The van der Waals surface area contributed by atoms with Gasteiger partial charge in [0.1, 0.15) is 0 Å². The molecule has 0 aromatic rings. The number of hydrogen-bond acceptors (Lipinski definition) is 4. The number of amides is 2. The zero-order valence-corrected chi connectivity index (χ0v) is 18.1. The van der Waals surface area contributed by atoms with Crippen LogP contribution in [0, 0.1) is 29.6 Å². The van der Waals surface area contributed by atoms with E-state index in [0.717, 1.165) is 45.0 Å². The van der Waals surface area contributed by atoms with Crippen LogP contribution in [0.25, 0.3) is 0 Å². The molecule has 0 aromatic heterocycles. The molecule has 2 heterocycles. The number of aliphatic imine (C=N–C) groups is 1. The molecule has 4 aliphatic rings. The van der Waals surface area contributed by atoms with Crippen molar-refractivity contribution in [3.05, 3.63) is 12.2 Å². The van der Waals surface area contributed by atoms with Gasteiger partial charge in [0, 0.05) is 39.9 Å². The number of ether oxygens (including phenoxy) is 1. The van der Waals surface area contributed by atoms with Gasteiger partial charge in [-0.2, -0.15) is 0 Å². The number of imide groups is 1. The van der Waals surface area contributed by atoms with Gasteiger partial charge in [-0.15, -0.1) is 24.0 Å². The lowest BCUT2D eigenvalue weighted by atomic mass is 9.85. The molecule has 0 aromatic carbocycles. The van der Waals surface area contributed by atoms with Crippen LogP contribution in [-0.4, -0.2) is 62.6 Å². The zero-order chi connectivity index (χ0) is 18.1. The molecule has 8 heteroatoms. The Morgan fingerprint density at radius 1 is 1.15 bits per heavy atom. The summed E-state index contributed by atoms with van der Waals surface area (Å²) in [5.74, 6) is 1.69. The molecule has 2 aliphatic heterocycles. The molecule has 2 bridgehead atoms. The number of carbonyl (C=O) groups is 2. The van der Waals surface area contributed by atoms with E-state index in [-0.39, 0.29) is 59.5 Å². The number of fused-ring (bicyclic) bond motifs is 5. The van der Waals surface area contributed by atoms with E-state index in [2.05, 4.69) is 27.8 Å². The fourth-order valence-electron chi connectivity index (χ4n) is 4.88. The highest BCUT2D eigenvalue weighted by Gasteiger charge is 2.58. The smallest absolute Gasteiger partial charge is 0.233 e. The summed E-state index contributed by atoms with van der Waals surface area (Å²) in [4.78, 5) is 31.0. The third-order valence-electron chi connectivity index (χ3n) is 6.31. The third-order valence-corrected chi connectivity index (χ3v) is 6.31. The van der Waals surface area contributed by atoms with Gasteiger partial charge in [0.2, 0.25) is 11.8 Å². The van der Waals surface area contributed by atoms with Gasteiger partial charge in [-0.25, -0.2) is 0 Å². The Kier molecular flexibility index (Phi) is 6.78. The molecule has 3 fully saturated rings. The van der Waals surface area contributed by atoms with Crippen molar-refractivity contribution in [3.8, 4) is 0 Å². The number of rotatable bonds is 5. The standard InChI is InChI=1S/C19H28N4O3.HI/c1-20-19(22-11-12-4-8-26-9-5-12)21-6-7-23-17(24)15-13-2-3-14(10-13)16(15)18(23)25;/h2-3,12-16H,4-11H2,1H3,(H2,20,21,22);1H. The second-order valence-electron chi connectivity index (χ2n) is 7.76. The first kappa shape index (κ1) is 20.6. The molecule has 7 nitrogen and oxygen atoms in total. The van der Waals surface area contributed by atoms with Crippen molar-refractivity contribution in [3.63, 3.8) is 0 Å². The number of carbonyl (C=O) groups excluding carboxylic acids is 2. The van der Waals surface area contributed by atoms with Gasteiger partial charge in [0.05, 0.1) is 11.8 Å². The molecule has 0 radical (unpaired) electrons. The summed E-state index contributed by atoms with van der Waals surface area (Å²) in [5, 5.41) is 6.56. The topological polar surface area (TPSA) is 83.0 Å². The number of hydrogen-bond donors (Lipinski definition) is 2. The molecular formula is C19H29IN4O3. The Morgan fingerprint density at radius 3 is 2.37 bits per heavy atom. The van der Waals surface area contributed by atoms with E-state index in [1.54, 1.807) is 7.05 Å². The Balaban J connectivity index is 0.00000210. The maximum Gasteiger partial charge on any atom is 0.233 e. The largest absolute Gasteiger partial charge is 0.381 e. The Bertz CT molecular complexity index is 602. The van der Waals surface area contributed by atoms with Crippen molar-refractivity contribution in [2.75, 3.05) is 39.9 Å². The summed E-state index contributed by atoms with van der Waals surface area (Å²) in [6.45, 7) is 3.45. The molecule has 4 atom stereocenters. The minimum atomic E-state index is -0.108. The second-order valence-corrected chi connectivity index (χ2v) is 7.76. The Morgan fingerprint density at radius 2 is 1.78 bits per heavy atom.